The van der Waals surface area contributed by atoms with Gasteiger partial charge in [-0.15, -0.1) is 11.3 Å². The van der Waals surface area contributed by atoms with Crippen molar-refractivity contribution in [1.29, 1.82) is 0 Å². The minimum atomic E-state index is 0.591. The molecule has 1 atom stereocenters. The van der Waals surface area contributed by atoms with Crippen LogP contribution in [0.5, 0.6) is 0 Å². The van der Waals surface area contributed by atoms with Crippen molar-refractivity contribution in [1.82, 2.24) is 5.32 Å². The number of aryl methyl sites for hydroxylation is 2. The smallest absolute Gasteiger partial charge is 0.0412 e. The van der Waals surface area contributed by atoms with E-state index in [0.29, 0.717) is 6.04 Å². The summed E-state index contributed by atoms with van der Waals surface area (Å²) < 4.78 is 0. The first kappa shape index (κ1) is 16.0. The second-order valence-electron chi connectivity index (χ2n) is 6.20. The Kier molecular flexibility index (Phi) is 7.09. The normalized spacial score (nSPS) is 16.7. The van der Waals surface area contributed by atoms with Crippen LogP contribution in [0.3, 0.4) is 0 Å². The number of thiophene rings is 1. The third-order valence-electron chi connectivity index (χ3n) is 4.55. The Balaban J connectivity index is 1.87. The lowest BCUT2D eigenvalue weighted by atomic mass is 10.0. The van der Waals surface area contributed by atoms with Gasteiger partial charge in [-0.25, -0.2) is 0 Å². The Morgan fingerprint density at radius 3 is 2.70 bits per heavy atom. The van der Waals surface area contributed by atoms with Crippen LogP contribution in [0.4, 0.5) is 0 Å². The summed E-state index contributed by atoms with van der Waals surface area (Å²) in [5.74, 6) is 0. The zero-order valence-corrected chi connectivity index (χ0v) is 14.2. The van der Waals surface area contributed by atoms with Crippen molar-refractivity contribution >= 4 is 11.3 Å². The molecule has 1 heterocycles. The first-order chi connectivity index (χ1) is 9.85. The second kappa shape index (κ2) is 8.84. The Morgan fingerprint density at radius 1 is 1.10 bits per heavy atom. The number of hydrogen-bond acceptors (Lipinski definition) is 2. The summed E-state index contributed by atoms with van der Waals surface area (Å²) in [6, 6.07) is 3.10. The van der Waals surface area contributed by atoms with Crippen LogP contribution >= 0.6 is 11.3 Å². The van der Waals surface area contributed by atoms with Gasteiger partial charge < -0.3 is 5.32 Å². The van der Waals surface area contributed by atoms with Crippen molar-refractivity contribution in [2.45, 2.75) is 83.6 Å². The van der Waals surface area contributed by atoms with Gasteiger partial charge in [-0.05, 0) is 50.8 Å². The van der Waals surface area contributed by atoms with Crippen LogP contribution in [0.1, 0.15) is 86.1 Å². The zero-order valence-electron chi connectivity index (χ0n) is 13.3. The van der Waals surface area contributed by atoms with E-state index in [2.05, 4.69) is 36.7 Å². The molecule has 0 aromatic carbocycles. The van der Waals surface area contributed by atoms with Crippen molar-refractivity contribution < 1.29 is 0 Å². The van der Waals surface area contributed by atoms with Crippen LogP contribution in [0.15, 0.2) is 6.07 Å². The molecular weight excluding hydrogens is 262 g/mol. The molecule has 0 aliphatic heterocycles. The van der Waals surface area contributed by atoms with E-state index >= 15 is 0 Å². The number of fused-ring (bicyclic) bond motifs is 1. The maximum Gasteiger partial charge on any atom is 0.0412 e. The SMILES string of the molecule is CCCCCCCC(NC)c1cc2c(s1)CCCCC2. The van der Waals surface area contributed by atoms with Crippen molar-refractivity contribution in [2.24, 2.45) is 0 Å². The second-order valence-corrected chi connectivity index (χ2v) is 7.37. The fraction of sp³-hybridized carbons (Fsp3) is 0.778. The average molecular weight is 294 g/mol. The van der Waals surface area contributed by atoms with Crippen LogP contribution < -0.4 is 5.32 Å². The first-order valence-corrected chi connectivity index (χ1v) is 9.45. The van der Waals surface area contributed by atoms with Gasteiger partial charge in [0.25, 0.3) is 0 Å². The number of hydrogen-bond donors (Lipinski definition) is 1. The molecule has 1 aromatic heterocycles. The summed E-state index contributed by atoms with van der Waals surface area (Å²) in [4.78, 5) is 3.28. The van der Waals surface area contributed by atoms with Gasteiger partial charge in [-0.1, -0.05) is 45.4 Å². The molecule has 114 valence electrons. The molecule has 0 saturated carbocycles. The summed E-state index contributed by atoms with van der Waals surface area (Å²) in [6.07, 6.45) is 15.1. The number of unbranched alkanes of at least 4 members (excludes halogenated alkanes) is 4. The molecule has 20 heavy (non-hydrogen) atoms. The van der Waals surface area contributed by atoms with E-state index in [1.165, 1.54) is 70.6 Å². The minimum absolute atomic E-state index is 0.591. The lowest BCUT2D eigenvalue weighted by molar-refractivity contribution is 0.506. The fourth-order valence-corrected chi connectivity index (χ4v) is 4.65. The van der Waals surface area contributed by atoms with Crippen LogP contribution in [-0.2, 0) is 12.8 Å². The predicted octanol–water partition coefficient (Wildman–Crippen LogP) is 5.64. The Labute approximate surface area is 129 Å². The molecule has 0 spiro atoms. The fourth-order valence-electron chi connectivity index (χ4n) is 3.24. The summed E-state index contributed by atoms with van der Waals surface area (Å²) in [6.45, 7) is 2.29. The summed E-state index contributed by atoms with van der Waals surface area (Å²) in [5, 5.41) is 3.54. The first-order valence-electron chi connectivity index (χ1n) is 8.64. The molecule has 1 aliphatic carbocycles. The van der Waals surface area contributed by atoms with E-state index < -0.39 is 0 Å². The van der Waals surface area contributed by atoms with E-state index in [4.69, 9.17) is 0 Å². The highest BCUT2D eigenvalue weighted by Crippen LogP contribution is 2.34. The zero-order chi connectivity index (χ0) is 14.2. The third kappa shape index (κ3) is 4.60. The highest BCUT2D eigenvalue weighted by molar-refractivity contribution is 7.12. The van der Waals surface area contributed by atoms with Crippen molar-refractivity contribution in [3.8, 4) is 0 Å². The van der Waals surface area contributed by atoms with E-state index in [9.17, 15) is 0 Å². The van der Waals surface area contributed by atoms with Crippen LogP contribution in [0.2, 0.25) is 0 Å². The maximum atomic E-state index is 3.54. The van der Waals surface area contributed by atoms with Gasteiger partial charge in [0.2, 0.25) is 0 Å². The molecule has 0 bridgehead atoms. The van der Waals surface area contributed by atoms with Gasteiger partial charge in [0.1, 0.15) is 0 Å². The van der Waals surface area contributed by atoms with Gasteiger partial charge >= 0.3 is 0 Å². The monoisotopic (exact) mass is 293 g/mol. The van der Waals surface area contributed by atoms with Gasteiger partial charge in [-0.3, -0.25) is 0 Å². The van der Waals surface area contributed by atoms with E-state index in [1.54, 1.807) is 15.3 Å². The number of rotatable bonds is 8. The molecule has 0 fully saturated rings. The van der Waals surface area contributed by atoms with Gasteiger partial charge in [0.05, 0.1) is 0 Å². The summed E-state index contributed by atoms with van der Waals surface area (Å²) >= 11 is 2.09. The molecule has 1 aromatic rings. The predicted molar refractivity (Wildman–Crippen MR) is 90.8 cm³/mol. The standard InChI is InChI=1S/C18H31NS/c1-3-4-5-6-9-12-16(19-2)18-14-15-11-8-7-10-13-17(15)20-18/h14,16,19H,3-13H2,1-2H3. The average Bonchev–Trinajstić information content (AvgIpc) is 2.73. The molecule has 0 radical (unpaired) electrons. The minimum Gasteiger partial charge on any atom is -0.312 e. The summed E-state index contributed by atoms with van der Waals surface area (Å²) in [7, 11) is 2.13. The molecule has 2 rings (SSSR count). The molecule has 1 nitrogen and oxygen atoms in total. The Hall–Kier alpha value is -0.340. The molecule has 0 saturated heterocycles. The molecule has 1 N–H and O–H groups in total. The van der Waals surface area contributed by atoms with Gasteiger partial charge in [0.15, 0.2) is 0 Å². The Bertz CT molecular complexity index is 359. The summed E-state index contributed by atoms with van der Waals surface area (Å²) in [5.41, 5.74) is 1.66. The van der Waals surface area contributed by atoms with Crippen molar-refractivity contribution in [3.05, 3.63) is 21.4 Å². The van der Waals surface area contributed by atoms with E-state index in [0.717, 1.165) is 0 Å². The highest BCUT2D eigenvalue weighted by atomic mass is 32.1. The number of nitrogens with one attached hydrogen (secondary N) is 1. The van der Waals surface area contributed by atoms with E-state index in [1.807, 2.05) is 0 Å². The maximum absolute atomic E-state index is 3.54. The van der Waals surface area contributed by atoms with Crippen LogP contribution in [0, 0.1) is 0 Å². The molecule has 1 unspecified atom stereocenters. The van der Waals surface area contributed by atoms with Crippen LogP contribution in [0.25, 0.3) is 0 Å². The largest absolute Gasteiger partial charge is 0.312 e. The highest BCUT2D eigenvalue weighted by Gasteiger charge is 2.17. The molecule has 0 amide bonds. The lowest BCUT2D eigenvalue weighted by Gasteiger charge is -2.14. The third-order valence-corrected chi connectivity index (χ3v) is 5.90. The van der Waals surface area contributed by atoms with Crippen molar-refractivity contribution in [2.75, 3.05) is 7.05 Å². The molecular formula is C18H31NS. The lowest BCUT2D eigenvalue weighted by Crippen LogP contribution is -2.15. The quantitative estimate of drug-likeness (QED) is 0.483. The van der Waals surface area contributed by atoms with Gasteiger partial charge in [-0.2, -0.15) is 0 Å². The molecule has 1 aliphatic rings. The van der Waals surface area contributed by atoms with Gasteiger partial charge in [0, 0.05) is 15.8 Å². The van der Waals surface area contributed by atoms with E-state index in [-0.39, 0.29) is 0 Å². The Morgan fingerprint density at radius 2 is 1.90 bits per heavy atom. The molecule has 2 heteroatoms. The van der Waals surface area contributed by atoms with Crippen LogP contribution in [-0.4, -0.2) is 7.05 Å². The van der Waals surface area contributed by atoms with Crippen molar-refractivity contribution in [3.63, 3.8) is 0 Å². The topological polar surface area (TPSA) is 12.0 Å².